The minimum atomic E-state index is -0.0911. The summed E-state index contributed by atoms with van der Waals surface area (Å²) >= 11 is 0. The summed E-state index contributed by atoms with van der Waals surface area (Å²) < 4.78 is 1.89. The quantitative estimate of drug-likeness (QED) is 0.833. The average molecular weight is 251 g/mol. The van der Waals surface area contributed by atoms with E-state index in [1.807, 2.05) is 4.68 Å². The molecule has 3 unspecified atom stereocenters. The highest BCUT2D eigenvalue weighted by Gasteiger charge is 2.41. The summed E-state index contributed by atoms with van der Waals surface area (Å²) in [6.07, 6.45) is 3.10. The van der Waals surface area contributed by atoms with E-state index in [4.69, 9.17) is 0 Å². The highest BCUT2D eigenvalue weighted by Crippen LogP contribution is 2.38. The van der Waals surface area contributed by atoms with Crippen molar-refractivity contribution in [2.45, 2.75) is 45.4 Å². The number of rotatable bonds is 4. The second kappa shape index (κ2) is 4.93. The molecule has 1 aliphatic carbocycles. The van der Waals surface area contributed by atoms with E-state index in [9.17, 15) is 5.11 Å². The van der Waals surface area contributed by atoms with Gasteiger partial charge in [0.2, 0.25) is 0 Å². The van der Waals surface area contributed by atoms with Gasteiger partial charge in [-0.2, -0.15) is 0 Å². The second-order valence-electron chi connectivity index (χ2n) is 5.58. The number of aromatic nitrogens is 4. The molecule has 3 atom stereocenters. The van der Waals surface area contributed by atoms with E-state index in [2.05, 4.69) is 27.3 Å². The molecule has 0 bridgehead atoms. The molecule has 1 aliphatic heterocycles. The first-order valence-corrected chi connectivity index (χ1v) is 6.93. The molecule has 0 spiro atoms. The summed E-state index contributed by atoms with van der Waals surface area (Å²) in [4.78, 5) is 2.38. The lowest BCUT2D eigenvalue weighted by Gasteiger charge is -2.17. The molecule has 3 rings (SSSR count). The Hall–Kier alpha value is -1.01. The zero-order valence-corrected chi connectivity index (χ0v) is 10.9. The fourth-order valence-corrected chi connectivity index (χ4v) is 3.38. The van der Waals surface area contributed by atoms with E-state index in [0.29, 0.717) is 11.8 Å². The first-order chi connectivity index (χ1) is 8.78. The van der Waals surface area contributed by atoms with Crippen molar-refractivity contribution in [2.75, 3.05) is 13.1 Å². The van der Waals surface area contributed by atoms with Crippen LogP contribution in [-0.4, -0.2) is 49.4 Å². The van der Waals surface area contributed by atoms with Gasteiger partial charge in [0, 0.05) is 25.6 Å². The van der Waals surface area contributed by atoms with Crippen molar-refractivity contribution in [3.8, 4) is 0 Å². The van der Waals surface area contributed by atoms with Gasteiger partial charge in [0.15, 0.2) is 5.82 Å². The van der Waals surface area contributed by atoms with Gasteiger partial charge in [-0.3, -0.25) is 4.90 Å². The number of hydrogen-bond acceptors (Lipinski definition) is 5. The first-order valence-electron chi connectivity index (χ1n) is 6.93. The van der Waals surface area contributed by atoms with Crippen LogP contribution < -0.4 is 0 Å². The Morgan fingerprint density at radius 3 is 3.00 bits per heavy atom. The fraction of sp³-hybridized carbons (Fsp3) is 0.917. The molecule has 0 radical (unpaired) electrons. The van der Waals surface area contributed by atoms with Crippen molar-refractivity contribution in [3.63, 3.8) is 0 Å². The number of aliphatic hydroxyl groups is 1. The Morgan fingerprint density at radius 1 is 1.33 bits per heavy atom. The lowest BCUT2D eigenvalue weighted by molar-refractivity contribution is 0.123. The SMILES string of the molecule is CCCn1nnnc1CN1CC2CCC(O)C2C1. The van der Waals surface area contributed by atoms with Crippen molar-refractivity contribution in [1.29, 1.82) is 0 Å². The number of likely N-dealkylation sites (tertiary alicyclic amines) is 1. The lowest BCUT2D eigenvalue weighted by Crippen LogP contribution is -2.26. The molecule has 2 fully saturated rings. The normalized spacial score (nSPS) is 32.0. The summed E-state index contributed by atoms with van der Waals surface area (Å²) in [6, 6.07) is 0. The van der Waals surface area contributed by atoms with Crippen LogP contribution in [0.15, 0.2) is 0 Å². The van der Waals surface area contributed by atoms with E-state index >= 15 is 0 Å². The maximum absolute atomic E-state index is 9.91. The zero-order chi connectivity index (χ0) is 12.5. The molecule has 1 saturated carbocycles. The molecule has 18 heavy (non-hydrogen) atoms. The van der Waals surface area contributed by atoms with Gasteiger partial charge in [-0.05, 0) is 35.6 Å². The highest BCUT2D eigenvalue weighted by atomic mass is 16.3. The van der Waals surface area contributed by atoms with Crippen LogP contribution >= 0.6 is 0 Å². The van der Waals surface area contributed by atoms with Crippen LogP contribution in [-0.2, 0) is 13.1 Å². The summed E-state index contributed by atoms with van der Waals surface area (Å²) in [5.74, 6) is 2.10. The molecular weight excluding hydrogens is 230 g/mol. The summed E-state index contributed by atoms with van der Waals surface area (Å²) in [7, 11) is 0. The van der Waals surface area contributed by atoms with Crippen molar-refractivity contribution >= 4 is 0 Å². The minimum absolute atomic E-state index is 0.0911. The van der Waals surface area contributed by atoms with Gasteiger partial charge in [0.1, 0.15) is 0 Å². The molecule has 1 N–H and O–H groups in total. The van der Waals surface area contributed by atoms with Gasteiger partial charge in [-0.25, -0.2) is 4.68 Å². The van der Waals surface area contributed by atoms with Crippen LogP contribution in [0.4, 0.5) is 0 Å². The maximum atomic E-state index is 9.91. The Kier molecular flexibility index (Phi) is 3.30. The second-order valence-corrected chi connectivity index (χ2v) is 5.58. The first kappa shape index (κ1) is 12.0. The molecule has 0 amide bonds. The third-order valence-electron chi connectivity index (χ3n) is 4.30. The van der Waals surface area contributed by atoms with E-state index in [0.717, 1.165) is 44.8 Å². The van der Waals surface area contributed by atoms with Crippen molar-refractivity contribution in [1.82, 2.24) is 25.1 Å². The topological polar surface area (TPSA) is 67.1 Å². The Balaban J connectivity index is 1.62. The third kappa shape index (κ3) is 2.14. The van der Waals surface area contributed by atoms with Crippen LogP contribution in [0.3, 0.4) is 0 Å². The molecule has 1 aromatic rings. The van der Waals surface area contributed by atoms with E-state index in [1.54, 1.807) is 0 Å². The maximum Gasteiger partial charge on any atom is 0.165 e. The van der Waals surface area contributed by atoms with Crippen LogP contribution in [0.2, 0.25) is 0 Å². The fourth-order valence-electron chi connectivity index (χ4n) is 3.38. The van der Waals surface area contributed by atoms with Crippen LogP contribution in [0.5, 0.6) is 0 Å². The highest BCUT2D eigenvalue weighted by molar-refractivity contribution is 4.95. The molecule has 0 aromatic carbocycles. The Morgan fingerprint density at radius 2 is 2.22 bits per heavy atom. The van der Waals surface area contributed by atoms with Crippen molar-refractivity contribution < 1.29 is 5.11 Å². The van der Waals surface area contributed by atoms with Gasteiger partial charge in [0.05, 0.1) is 12.6 Å². The van der Waals surface area contributed by atoms with Gasteiger partial charge in [0.25, 0.3) is 0 Å². The number of nitrogens with zero attached hydrogens (tertiary/aromatic N) is 5. The zero-order valence-electron chi connectivity index (χ0n) is 10.9. The third-order valence-corrected chi connectivity index (χ3v) is 4.30. The molecule has 6 nitrogen and oxygen atoms in total. The van der Waals surface area contributed by atoms with E-state index < -0.39 is 0 Å². The number of aryl methyl sites for hydroxylation is 1. The number of tetrazole rings is 1. The predicted octanol–water partition coefficient (Wildman–Crippen LogP) is 0.286. The number of hydrogen-bond donors (Lipinski definition) is 1. The van der Waals surface area contributed by atoms with Crippen LogP contribution in [0, 0.1) is 11.8 Å². The Labute approximate surface area is 107 Å². The van der Waals surface area contributed by atoms with Crippen LogP contribution in [0.25, 0.3) is 0 Å². The molecule has 2 heterocycles. The predicted molar refractivity (Wildman–Crippen MR) is 65.6 cm³/mol. The smallest absolute Gasteiger partial charge is 0.165 e. The van der Waals surface area contributed by atoms with Gasteiger partial charge in [-0.1, -0.05) is 6.92 Å². The standard InChI is InChI=1S/C12H21N5O/c1-2-5-17-12(13-14-15-17)8-16-6-9-3-4-11(18)10(9)7-16/h9-11,18H,2-8H2,1H3. The van der Waals surface area contributed by atoms with E-state index in [1.165, 1.54) is 6.42 Å². The summed E-state index contributed by atoms with van der Waals surface area (Å²) in [5, 5.41) is 21.8. The summed E-state index contributed by atoms with van der Waals surface area (Å²) in [5.41, 5.74) is 0. The van der Waals surface area contributed by atoms with Crippen molar-refractivity contribution in [2.24, 2.45) is 11.8 Å². The van der Waals surface area contributed by atoms with Gasteiger partial charge < -0.3 is 5.11 Å². The van der Waals surface area contributed by atoms with Crippen molar-refractivity contribution in [3.05, 3.63) is 5.82 Å². The minimum Gasteiger partial charge on any atom is -0.393 e. The lowest BCUT2D eigenvalue weighted by atomic mass is 10.00. The average Bonchev–Trinajstić information content (AvgIpc) is 3.01. The Bertz CT molecular complexity index is 407. The molecule has 100 valence electrons. The monoisotopic (exact) mass is 251 g/mol. The molecule has 6 heteroatoms. The van der Waals surface area contributed by atoms with Gasteiger partial charge >= 0.3 is 0 Å². The molecule has 2 aliphatic rings. The molecule has 1 aromatic heterocycles. The van der Waals surface area contributed by atoms with Crippen LogP contribution in [0.1, 0.15) is 32.0 Å². The largest absolute Gasteiger partial charge is 0.393 e. The van der Waals surface area contributed by atoms with E-state index in [-0.39, 0.29) is 6.10 Å². The molecular formula is C12H21N5O. The summed E-state index contributed by atoms with van der Waals surface area (Å²) in [6.45, 7) is 5.89. The van der Waals surface area contributed by atoms with Gasteiger partial charge in [-0.15, -0.1) is 5.10 Å². The molecule has 1 saturated heterocycles. The number of fused-ring (bicyclic) bond motifs is 1. The number of aliphatic hydroxyl groups excluding tert-OH is 1.